The molecule has 0 bridgehead atoms. The first-order valence-corrected chi connectivity index (χ1v) is 7.96. The normalized spacial score (nSPS) is 26.6. The fraction of sp³-hybridized carbons (Fsp3) is 0.588. The number of benzene rings is 1. The molecule has 3 unspecified atom stereocenters. The number of carbonyl (C=O) groups is 1. The minimum atomic E-state index is -1.12. The third kappa shape index (κ3) is 2.83. The van der Waals surface area contributed by atoms with Gasteiger partial charge in [-0.15, -0.1) is 0 Å². The fourth-order valence-corrected chi connectivity index (χ4v) is 3.61. The van der Waals surface area contributed by atoms with Crippen LogP contribution in [-0.2, 0) is 4.79 Å². The van der Waals surface area contributed by atoms with Gasteiger partial charge in [0.05, 0.1) is 7.11 Å². The maximum Gasteiger partial charge on any atom is 0.256 e. The average Bonchev–Trinajstić information content (AvgIpc) is 2.99. The molecule has 2 heterocycles. The number of fused-ring (bicyclic) bond motifs is 1. The smallest absolute Gasteiger partial charge is 0.256 e. The minimum absolute atomic E-state index is 0.141. The van der Waals surface area contributed by atoms with Crippen LogP contribution in [0.1, 0.15) is 31.4 Å². The summed E-state index contributed by atoms with van der Waals surface area (Å²) in [6.45, 7) is 4.82. The van der Waals surface area contributed by atoms with Crippen LogP contribution >= 0.6 is 0 Å². The highest BCUT2D eigenvalue weighted by molar-refractivity contribution is 5.82. The molecule has 2 aliphatic heterocycles. The van der Waals surface area contributed by atoms with Gasteiger partial charge in [0, 0.05) is 25.2 Å². The molecule has 1 aromatic rings. The van der Waals surface area contributed by atoms with Crippen LogP contribution in [0.2, 0.25) is 0 Å². The fourth-order valence-electron chi connectivity index (χ4n) is 3.61. The molecule has 0 radical (unpaired) electrons. The van der Waals surface area contributed by atoms with Crippen LogP contribution in [0, 0.1) is 0 Å². The lowest BCUT2D eigenvalue weighted by molar-refractivity contribution is -0.146. The Balaban J connectivity index is 1.74. The molecule has 0 spiro atoms. The van der Waals surface area contributed by atoms with Gasteiger partial charge in [-0.25, -0.2) is 0 Å². The second-order valence-corrected chi connectivity index (χ2v) is 6.31. The molecule has 1 N–H and O–H groups in total. The highest BCUT2D eigenvalue weighted by Gasteiger charge is 2.38. The van der Waals surface area contributed by atoms with Gasteiger partial charge in [0.25, 0.3) is 5.91 Å². The number of amides is 1. The lowest BCUT2D eigenvalue weighted by Gasteiger charge is -2.43. The number of carbonyl (C=O) groups excluding carboxylic acids is 1. The summed E-state index contributed by atoms with van der Waals surface area (Å²) >= 11 is 0. The maximum atomic E-state index is 12.7. The maximum absolute atomic E-state index is 12.7. The van der Waals surface area contributed by atoms with Gasteiger partial charge < -0.3 is 14.7 Å². The standard InChI is InChI=1S/C17H24N2O3/c1-12-10-18-8-4-6-14(18)11-19(12)17(21)16(20)13-5-3-7-15(9-13)22-2/h3,5,7,9,12,14,16,20H,4,6,8,10-11H2,1-2H3. The van der Waals surface area contributed by atoms with Crippen LogP contribution in [0.5, 0.6) is 5.75 Å². The number of hydrogen-bond acceptors (Lipinski definition) is 4. The molecule has 5 nitrogen and oxygen atoms in total. The number of ether oxygens (including phenoxy) is 1. The summed E-state index contributed by atoms with van der Waals surface area (Å²) in [6, 6.07) is 7.68. The molecule has 0 aliphatic carbocycles. The Hall–Kier alpha value is -1.59. The first kappa shape index (κ1) is 15.3. The van der Waals surface area contributed by atoms with E-state index in [1.807, 2.05) is 4.90 Å². The van der Waals surface area contributed by atoms with Gasteiger partial charge in [0.1, 0.15) is 5.75 Å². The molecule has 2 aliphatic rings. The lowest BCUT2D eigenvalue weighted by Crippen LogP contribution is -2.57. The minimum Gasteiger partial charge on any atom is -0.497 e. The first-order chi connectivity index (χ1) is 10.6. The number of methoxy groups -OCH3 is 1. The van der Waals surface area contributed by atoms with Crippen LogP contribution in [0.3, 0.4) is 0 Å². The van der Waals surface area contributed by atoms with E-state index < -0.39 is 6.10 Å². The van der Waals surface area contributed by atoms with Gasteiger partial charge in [-0.1, -0.05) is 12.1 Å². The third-order valence-corrected chi connectivity index (χ3v) is 4.86. The van der Waals surface area contributed by atoms with E-state index in [2.05, 4.69) is 11.8 Å². The van der Waals surface area contributed by atoms with Crippen molar-refractivity contribution in [1.29, 1.82) is 0 Å². The van der Waals surface area contributed by atoms with Crippen molar-refractivity contribution >= 4 is 5.91 Å². The number of rotatable bonds is 3. The average molecular weight is 304 g/mol. The van der Waals surface area contributed by atoms with Crippen molar-refractivity contribution < 1.29 is 14.6 Å². The van der Waals surface area contributed by atoms with Gasteiger partial charge in [-0.05, 0) is 44.0 Å². The SMILES string of the molecule is COc1cccc(C(O)C(=O)N2CC3CCCN3CC2C)c1. The van der Waals surface area contributed by atoms with Crippen LogP contribution in [0.25, 0.3) is 0 Å². The Bertz CT molecular complexity index is 548. The van der Waals surface area contributed by atoms with Crippen LogP contribution in [-0.4, -0.2) is 59.6 Å². The molecule has 3 atom stereocenters. The number of aliphatic hydroxyl groups excluding tert-OH is 1. The highest BCUT2D eigenvalue weighted by Crippen LogP contribution is 2.28. The first-order valence-electron chi connectivity index (χ1n) is 7.96. The monoisotopic (exact) mass is 304 g/mol. The zero-order chi connectivity index (χ0) is 15.7. The number of aliphatic hydroxyl groups is 1. The van der Waals surface area contributed by atoms with Crippen LogP contribution in [0.4, 0.5) is 0 Å². The summed E-state index contributed by atoms with van der Waals surface area (Å²) < 4.78 is 5.17. The molecule has 2 fully saturated rings. The van der Waals surface area contributed by atoms with Gasteiger partial charge in [-0.3, -0.25) is 9.69 Å². The molecule has 1 amide bonds. The van der Waals surface area contributed by atoms with Gasteiger partial charge >= 0.3 is 0 Å². The van der Waals surface area contributed by atoms with Gasteiger partial charge in [0.15, 0.2) is 6.10 Å². The van der Waals surface area contributed by atoms with Crippen molar-refractivity contribution in [1.82, 2.24) is 9.80 Å². The van der Waals surface area contributed by atoms with E-state index in [0.717, 1.165) is 26.1 Å². The van der Waals surface area contributed by atoms with Gasteiger partial charge in [0.2, 0.25) is 0 Å². The molecular weight excluding hydrogens is 280 g/mol. The van der Waals surface area contributed by atoms with Crippen molar-refractivity contribution in [2.75, 3.05) is 26.7 Å². The van der Waals surface area contributed by atoms with E-state index in [-0.39, 0.29) is 11.9 Å². The van der Waals surface area contributed by atoms with Crippen molar-refractivity contribution in [2.45, 2.75) is 38.0 Å². The highest BCUT2D eigenvalue weighted by atomic mass is 16.5. The number of piperazine rings is 1. The van der Waals surface area contributed by atoms with Crippen molar-refractivity contribution in [3.8, 4) is 5.75 Å². The van der Waals surface area contributed by atoms with Crippen LogP contribution in [0.15, 0.2) is 24.3 Å². The second kappa shape index (κ2) is 6.26. The van der Waals surface area contributed by atoms with Crippen molar-refractivity contribution in [2.24, 2.45) is 0 Å². The van der Waals surface area contributed by atoms with Crippen molar-refractivity contribution in [3.63, 3.8) is 0 Å². The zero-order valence-electron chi connectivity index (χ0n) is 13.2. The van der Waals surface area contributed by atoms with E-state index in [9.17, 15) is 9.90 Å². The van der Waals surface area contributed by atoms with E-state index in [1.165, 1.54) is 6.42 Å². The molecule has 120 valence electrons. The molecule has 5 heteroatoms. The molecule has 3 rings (SSSR count). The van der Waals surface area contributed by atoms with Crippen LogP contribution < -0.4 is 4.74 Å². The van der Waals surface area contributed by atoms with E-state index >= 15 is 0 Å². The molecule has 2 saturated heterocycles. The summed E-state index contributed by atoms with van der Waals surface area (Å²) in [7, 11) is 1.58. The Labute approximate surface area is 131 Å². The zero-order valence-corrected chi connectivity index (χ0v) is 13.2. The predicted octanol–water partition coefficient (Wildman–Crippen LogP) is 1.42. The molecule has 22 heavy (non-hydrogen) atoms. The van der Waals surface area contributed by atoms with E-state index in [4.69, 9.17) is 4.74 Å². The number of hydrogen-bond donors (Lipinski definition) is 1. The Morgan fingerprint density at radius 1 is 1.41 bits per heavy atom. The van der Waals surface area contributed by atoms with E-state index in [0.29, 0.717) is 17.4 Å². The van der Waals surface area contributed by atoms with Crippen molar-refractivity contribution in [3.05, 3.63) is 29.8 Å². The second-order valence-electron chi connectivity index (χ2n) is 6.31. The molecule has 0 saturated carbocycles. The largest absolute Gasteiger partial charge is 0.497 e. The molecule has 0 aromatic heterocycles. The van der Waals surface area contributed by atoms with Gasteiger partial charge in [-0.2, -0.15) is 0 Å². The summed E-state index contributed by atoms with van der Waals surface area (Å²) in [6.07, 6.45) is 1.23. The molecular formula is C17H24N2O3. The summed E-state index contributed by atoms with van der Waals surface area (Å²) in [4.78, 5) is 17.0. The lowest BCUT2D eigenvalue weighted by atomic mass is 10.0. The Morgan fingerprint density at radius 2 is 2.23 bits per heavy atom. The topological polar surface area (TPSA) is 53.0 Å². The summed E-state index contributed by atoms with van der Waals surface area (Å²) in [5.74, 6) is 0.449. The summed E-state index contributed by atoms with van der Waals surface area (Å²) in [5, 5.41) is 10.5. The predicted molar refractivity (Wildman–Crippen MR) is 83.7 cm³/mol. The molecule has 1 aromatic carbocycles. The Morgan fingerprint density at radius 3 is 3.00 bits per heavy atom. The third-order valence-electron chi connectivity index (χ3n) is 4.86. The number of nitrogens with zero attached hydrogens (tertiary/aromatic N) is 2. The van der Waals surface area contributed by atoms with E-state index in [1.54, 1.807) is 31.4 Å². The Kier molecular flexibility index (Phi) is 4.36. The quantitative estimate of drug-likeness (QED) is 0.918. The summed E-state index contributed by atoms with van der Waals surface area (Å²) in [5.41, 5.74) is 0.588.